The summed E-state index contributed by atoms with van der Waals surface area (Å²) in [6.07, 6.45) is 2.08. The molecule has 3 atom stereocenters. The SMILES string of the molecule is CC1OCc2ncnc(N3CCN(C(=O)C(N)Cc4ccc(Cl)cc4)C[C@@H]3C)c21. The van der Waals surface area contributed by atoms with E-state index in [2.05, 4.69) is 21.8 Å². The van der Waals surface area contributed by atoms with Crippen molar-refractivity contribution < 1.29 is 9.53 Å². The second-order valence-corrected chi connectivity index (χ2v) is 8.21. The summed E-state index contributed by atoms with van der Waals surface area (Å²) >= 11 is 5.93. The highest BCUT2D eigenvalue weighted by molar-refractivity contribution is 6.30. The molecule has 29 heavy (non-hydrogen) atoms. The lowest BCUT2D eigenvalue weighted by Crippen LogP contribution is -2.57. The molecule has 0 spiro atoms. The number of hydrogen-bond acceptors (Lipinski definition) is 6. The molecule has 3 heterocycles. The summed E-state index contributed by atoms with van der Waals surface area (Å²) in [6.45, 7) is 6.60. The number of carbonyl (C=O) groups is 1. The van der Waals surface area contributed by atoms with E-state index in [9.17, 15) is 4.79 Å². The van der Waals surface area contributed by atoms with Gasteiger partial charge in [-0.05, 0) is 38.0 Å². The van der Waals surface area contributed by atoms with Crippen molar-refractivity contribution in [3.8, 4) is 0 Å². The van der Waals surface area contributed by atoms with Crippen molar-refractivity contribution in [2.45, 2.75) is 45.1 Å². The van der Waals surface area contributed by atoms with Gasteiger partial charge in [-0.25, -0.2) is 9.97 Å². The van der Waals surface area contributed by atoms with Crippen molar-refractivity contribution in [1.29, 1.82) is 0 Å². The lowest BCUT2D eigenvalue weighted by Gasteiger charge is -2.42. The lowest BCUT2D eigenvalue weighted by molar-refractivity contribution is -0.133. The van der Waals surface area contributed by atoms with E-state index in [-0.39, 0.29) is 18.1 Å². The molecular weight excluding hydrogens is 390 g/mol. The first-order valence-electron chi connectivity index (χ1n) is 9.95. The predicted molar refractivity (Wildman–Crippen MR) is 112 cm³/mol. The number of hydrogen-bond donors (Lipinski definition) is 1. The van der Waals surface area contributed by atoms with Crippen LogP contribution in [0.3, 0.4) is 0 Å². The number of amides is 1. The minimum Gasteiger partial charge on any atom is -0.367 e. The van der Waals surface area contributed by atoms with Gasteiger partial charge in [-0.1, -0.05) is 23.7 Å². The Morgan fingerprint density at radius 3 is 2.76 bits per heavy atom. The highest BCUT2D eigenvalue weighted by atomic mass is 35.5. The van der Waals surface area contributed by atoms with Crippen molar-refractivity contribution in [2.75, 3.05) is 24.5 Å². The molecule has 2 aromatic rings. The zero-order valence-electron chi connectivity index (χ0n) is 16.7. The molecule has 1 saturated heterocycles. The highest BCUT2D eigenvalue weighted by Crippen LogP contribution is 2.36. The van der Waals surface area contributed by atoms with Crippen LogP contribution in [0.15, 0.2) is 30.6 Å². The summed E-state index contributed by atoms with van der Waals surface area (Å²) in [5, 5.41) is 0.675. The fourth-order valence-electron chi connectivity index (χ4n) is 4.14. The number of carbonyl (C=O) groups excluding carboxylic acids is 1. The summed E-state index contributed by atoms with van der Waals surface area (Å²) in [7, 11) is 0. The van der Waals surface area contributed by atoms with Gasteiger partial charge in [0.05, 0.1) is 24.4 Å². The van der Waals surface area contributed by atoms with E-state index in [4.69, 9.17) is 22.1 Å². The van der Waals surface area contributed by atoms with Crippen LogP contribution in [0.2, 0.25) is 5.02 Å². The van der Waals surface area contributed by atoms with Crippen LogP contribution in [0.25, 0.3) is 0 Å². The normalized spacial score (nSPS) is 22.5. The molecular formula is C21H26ClN5O2. The van der Waals surface area contributed by atoms with E-state index in [1.165, 1.54) is 0 Å². The van der Waals surface area contributed by atoms with Gasteiger partial charge in [0.15, 0.2) is 0 Å². The number of anilines is 1. The Balaban J connectivity index is 1.42. The molecule has 0 radical (unpaired) electrons. The number of piperazine rings is 1. The van der Waals surface area contributed by atoms with Crippen molar-refractivity contribution in [3.63, 3.8) is 0 Å². The Kier molecular flexibility index (Phi) is 5.72. The largest absolute Gasteiger partial charge is 0.367 e. The minimum atomic E-state index is -0.563. The predicted octanol–water partition coefficient (Wildman–Crippen LogP) is 2.33. The monoisotopic (exact) mass is 415 g/mol. The third-order valence-electron chi connectivity index (χ3n) is 5.72. The van der Waals surface area contributed by atoms with Gasteiger partial charge in [-0.3, -0.25) is 4.79 Å². The Bertz CT molecular complexity index is 891. The Morgan fingerprint density at radius 1 is 1.28 bits per heavy atom. The molecule has 1 amide bonds. The number of fused-ring (bicyclic) bond motifs is 1. The third-order valence-corrected chi connectivity index (χ3v) is 5.97. The molecule has 7 nitrogen and oxygen atoms in total. The van der Waals surface area contributed by atoms with Crippen LogP contribution < -0.4 is 10.6 Å². The van der Waals surface area contributed by atoms with E-state index in [1.807, 2.05) is 36.1 Å². The molecule has 1 aromatic carbocycles. The van der Waals surface area contributed by atoms with Crippen LogP contribution in [-0.4, -0.2) is 52.5 Å². The van der Waals surface area contributed by atoms with E-state index in [0.717, 1.165) is 22.6 Å². The first-order chi connectivity index (χ1) is 13.9. The smallest absolute Gasteiger partial charge is 0.239 e. The van der Waals surface area contributed by atoms with E-state index in [1.54, 1.807) is 6.33 Å². The minimum absolute atomic E-state index is 0.0131. The molecule has 0 bridgehead atoms. The number of rotatable bonds is 4. The van der Waals surface area contributed by atoms with Crippen LogP contribution in [0, 0.1) is 0 Å². The fourth-order valence-corrected chi connectivity index (χ4v) is 4.26. The van der Waals surface area contributed by atoms with Crippen molar-refractivity contribution in [3.05, 3.63) is 52.4 Å². The lowest BCUT2D eigenvalue weighted by atomic mass is 10.0. The molecule has 0 aliphatic carbocycles. The first kappa shape index (κ1) is 20.1. The number of benzene rings is 1. The maximum atomic E-state index is 12.9. The van der Waals surface area contributed by atoms with E-state index in [0.29, 0.717) is 37.7 Å². The second-order valence-electron chi connectivity index (χ2n) is 7.77. The van der Waals surface area contributed by atoms with Crippen LogP contribution in [0.5, 0.6) is 0 Å². The second kappa shape index (κ2) is 8.26. The van der Waals surface area contributed by atoms with E-state index < -0.39 is 6.04 Å². The summed E-state index contributed by atoms with van der Waals surface area (Å²) in [5.41, 5.74) is 9.26. The number of halogens is 1. The average Bonchev–Trinajstić information content (AvgIpc) is 3.10. The molecule has 2 aliphatic rings. The van der Waals surface area contributed by atoms with Crippen molar-refractivity contribution in [2.24, 2.45) is 5.73 Å². The molecule has 2 aliphatic heterocycles. The van der Waals surface area contributed by atoms with Crippen LogP contribution >= 0.6 is 11.6 Å². The molecule has 4 rings (SSSR count). The van der Waals surface area contributed by atoms with Crippen LogP contribution in [0.1, 0.15) is 36.8 Å². The van der Waals surface area contributed by atoms with Gasteiger partial charge >= 0.3 is 0 Å². The number of nitrogens with two attached hydrogens (primary N) is 1. The quantitative estimate of drug-likeness (QED) is 0.824. The number of nitrogens with zero attached hydrogens (tertiary/aromatic N) is 4. The maximum absolute atomic E-state index is 12.9. The topological polar surface area (TPSA) is 84.6 Å². The maximum Gasteiger partial charge on any atom is 0.239 e. The first-order valence-corrected chi connectivity index (χ1v) is 10.3. The molecule has 2 N–H and O–H groups in total. The van der Waals surface area contributed by atoms with Gasteiger partial charge in [-0.15, -0.1) is 0 Å². The molecule has 0 saturated carbocycles. The standard InChI is InChI=1S/C21H26ClN5O2/c1-13-10-26(21(28)17(23)9-15-3-5-16(22)6-4-15)7-8-27(13)20-19-14(2)29-11-18(19)24-12-25-20/h3-6,12-14,17H,7-11,23H2,1-2H3/t13-,14?,17?/m0/s1. The average molecular weight is 416 g/mol. The Morgan fingerprint density at radius 2 is 2.03 bits per heavy atom. The van der Waals surface area contributed by atoms with Crippen LogP contribution in [0.4, 0.5) is 5.82 Å². The molecule has 154 valence electrons. The van der Waals surface area contributed by atoms with Gasteiger partial charge in [0, 0.05) is 36.3 Å². The summed E-state index contributed by atoms with van der Waals surface area (Å²) < 4.78 is 5.73. The molecule has 2 unspecified atom stereocenters. The number of ether oxygens (including phenoxy) is 1. The van der Waals surface area contributed by atoms with Crippen molar-refractivity contribution >= 4 is 23.3 Å². The van der Waals surface area contributed by atoms with Gasteiger partial charge in [0.2, 0.25) is 5.91 Å². The summed E-state index contributed by atoms with van der Waals surface area (Å²) in [4.78, 5) is 25.9. The fraction of sp³-hybridized carbons (Fsp3) is 0.476. The zero-order valence-corrected chi connectivity index (χ0v) is 17.5. The zero-order chi connectivity index (χ0) is 20.5. The summed E-state index contributed by atoms with van der Waals surface area (Å²) in [6, 6.07) is 7.03. The third kappa shape index (κ3) is 4.08. The number of aromatic nitrogens is 2. The molecule has 1 aromatic heterocycles. The van der Waals surface area contributed by atoms with Crippen LogP contribution in [-0.2, 0) is 22.6 Å². The van der Waals surface area contributed by atoms with Gasteiger partial charge in [0.25, 0.3) is 0 Å². The van der Waals surface area contributed by atoms with Crippen molar-refractivity contribution in [1.82, 2.24) is 14.9 Å². The summed E-state index contributed by atoms with van der Waals surface area (Å²) in [5.74, 6) is 0.904. The Labute approximate surface area is 175 Å². The molecule has 1 fully saturated rings. The molecule has 8 heteroatoms. The van der Waals surface area contributed by atoms with Gasteiger partial charge in [0.1, 0.15) is 12.1 Å². The van der Waals surface area contributed by atoms with Gasteiger partial charge < -0.3 is 20.3 Å². The van der Waals surface area contributed by atoms with E-state index >= 15 is 0 Å². The highest BCUT2D eigenvalue weighted by Gasteiger charge is 2.34. The van der Waals surface area contributed by atoms with Gasteiger partial charge in [-0.2, -0.15) is 0 Å². The Hall–Kier alpha value is -2.22.